The molecule has 2 N–H and O–H groups in total. The summed E-state index contributed by atoms with van der Waals surface area (Å²) in [4.78, 5) is 23.4. The van der Waals surface area contributed by atoms with Gasteiger partial charge in [-0.1, -0.05) is 0 Å². The Kier molecular flexibility index (Phi) is 4.52. The van der Waals surface area contributed by atoms with Crippen LogP contribution in [0.15, 0.2) is 52.2 Å². The van der Waals surface area contributed by atoms with Crippen molar-refractivity contribution >= 4 is 32.7 Å². The molecule has 3 aromatic rings. The summed E-state index contributed by atoms with van der Waals surface area (Å²) >= 11 is 0. The number of hydrogen-bond acceptors (Lipinski definition) is 4. The first kappa shape index (κ1) is 18.6. The fourth-order valence-corrected chi connectivity index (χ4v) is 4.29. The second kappa shape index (κ2) is 6.54. The van der Waals surface area contributed by atoms with E-state index >= 15 is 0 Å². The van der Waals surface area contributed by atoms with Crippen molar-refractivity contribution in [1.82, 2.24) is 9.13 Å². The molecule has 0 aliphatic heterocycles. The molecule has 0 unspecified atom stereocenters. The Bertz CT molecular complexity index is 1200. The number of carbonyl (C=O) groups excluding carboxylic acids is 1. The van der Waals surface area contributed by atoms with Crippen LogP contribution in [0.5, 0.6) is 0 Å². The topological polar surface area (TPSA) is 107 Å². The molecule has 0 saturated heterocycles. The zero-order valence-corrected chi connectivity index (χ0v) is 15.4. The Hall–Kier alpha value is -3.14. The Morgan fingerprint density at radius 2 is 1.67 bits per heavy atom. The molecule has 142 valence electrons. The number of amides is 1. The SMILES string of the molecule is Cn1c(=O)n(C)c2cc(S(=O)(=O)N(CC(N)=O)c3ccc(F)cc3)ccc21. The minimum absolute atomic E-state index is 0.0947. The monoisotopic (exact) mass is 392 g/mol. The quantitative estimate of drug-likeness (QED) is 0.689. The molecule has 0 saturated carbocycles. The maximum absolute atomic E-state index is 13.2. The van der Waals surface area contributed by atoms with E-state index in [0.29, 0.717) is 11.0 Å². The molecule has 1 heterocycles. The number of aromatic nitrogens is 2. The number of benzene rings is 2. The molecule has 0 fully saturated rings. The number of sulfonamides is 1. The van der Waals surface area contributed by atoms with Gasteiger partial charge in [0.2, 0.25) is 5.91 Å². The van der Waals surface area contributed by atoms with Gasteiger partial charge in [-0.25, -0.2) is 17.6 Å². The minimum atomic E-state index is -4.19. The van der Waals surface area contributed by atoms with E-state index in [-0.39, 0.29) is 16.3 Å². The second-order valence-electron chi connectivity index (χ2n) is 6.01. The molecular weight excluding hydrogens is 375 g/mol. The minimum Gasteiger partial charge on any atom is -0.368 e. The van der Waals surface area contributed by atoms with Gasteiger partial charge in [0.25, 0.3) is 10.0 Å². The Labute approximate surface area is 154 Å². The summed E-state index contributed by atoms with van der Waals surface area (Å²) in [6.07, 6.45) is 0. The number of imidazole rings is 1. The summed E-state index contributed by atoms with van der Waals surface area (Å²) in [7, 11) is -1.08. The number of hydrogen-bond donors (Lipinski definition) is 1. The van der Waals surface area contributed by atoms with Gasteiger partial charge in [-0.15, -0.1) is 0 Å². The van der Waals surface area contributed by atoms with E-state index in [0.717, 1.165) is 16.4 Å². The Morgan fingerprint density at radius 1 is 1.07 bits per heavy atom. The summed E-state index contributed by atoms with van der Waals surface area (Å²) < 4.78 is 43.0. The van der Waals surface area contributed by atoms with Gasteiger partial charge in [0.1, 0.15) is 12.4 Å². The third-order valence-electron chi connectivity index (χ3n) is 4.25. The highest BCUT2D eigenvalue weighted by molar-refractivity contribution is 7.92. The predicted octanol–water partition coefficient (Wildman–Crippen LogP) is 0.697. The first-order chi connectivity index (χ1) is 12.6. The molecule has 0 spiro atoms. The molecule has 10 heteroatoms. The first-order valence-corrected chi connectivity index (χ1v) is 9.29. The van der Waals surface area contributed by atoms with Crippen LogP contribution in [-0.2, 0) is 28.9 Å². The van der Waals surface area contributed by atoms with Crippen LogP contribution in [0.25, 0.3) is 11.0 Å². The van der Waals surface area contributed by atoms with Crippen molar-refractivity contribution in [2.45, 2.75) is 4.90 Å². The van der Waals surface area contributed by atoms with E-state index in [2.05, 4.69) is 0 Å². The van der Waals surface area contributed by atoms with Crippen molar-refractivity contribution in [3.63, 3.8) is 0 Å². The second-order valence-corrected chi connectivity index (χ2v) is 7.87. The fraction of sp³-hybridized carbons (Fsp3) is 0.176. The van der Waals surface area contributed by atoms with E-state index in [1.165, 1.54) is 46.5 Å². The van der Waals surface area contributed by atoms with Crippen LogP contribution < -0.4 is 15.7 Å². The molecule has 0 radical (unpaired) electrons. The lowest BCUT2D eigenvalue weighted by Gasteiger charge is -2.23. The van der Waals surface area contributed by atoms with E-state index in [4.69, 9.17) is 5.73 Å². The summed E-state index contributed by atoms with van der Waals surface area (Å²) in [6, 6.07) is 8.86. The molecule has 2 aromatic carbocycles. The molecule has 0 aliphatic carbocycles. The summed E-state index contributed by atoms with van der Waals surface area (Å²) in [5.74, 6) is -1.41. The van der Waals surface area contributed by atoms with Gasteiger partial charge >= 0.3 is 5.69 Å². The number of aryl methyl sites for hydroxylation is 2. The van der Waals surface area contributed by atoms with E-state index in [9.17, 15) is 22.4 Å². The number of nitrogens with zero attached hydrogens (tertiary/aromatic N) is 3. The number of halogens is 1. The Balaban J connectivity index is 2.18. The number of primary amides is 1. The molecule has 8 nitrogen and oxygen atoms in total. The summed E-state index contributed by atoms with van der Waals surface area (Å²) in [6.45, 7) is -0.611. The third kappa shape index (κ3) is 3.19. The van der Waals surface area contributed by atoms with Crippen molar-refractivity contribution in [3.05, 3.63) is 58.8 Å². The van der Waals surface area contributed by atoms with Crippen LogP contribution in [0.3, 0.4) is 0 Å². The van der Waals surface area contributed by atoms with Crippen molar-refractivity contribution in [3.8, 4) is 0 Å². The van der Waals surface area contributed by atoms with Crippen molar-refractivity contribution in [2.24, 2.45) is 19.8 Å². The first-order valence-electron chi connectivity index (χ1n) is 7.85. The molecule has 27 heavy (non-hydrogen) atoms. The maximum atomic E-state index is 13.2. The normalized spacial score (nSPS) is 11.7. The van der Waals surface area contributed by atoms with E-state index in [1.807, 2.05) is 0 Å². The van der Waals surface area contributed by atoms with Gasteiger partial charge in [0.15, 0.2) is 0 Å². The molecular formula is C17H17FN4O4S. The molecule has 0 aliphatic rings. The van der Waals surface area contributed by atoms with E-state index in [1.54, 1.807) is 7.05 Å². The number of fused-ring (bicyclic) bond motifs is 1. The van der Waals surface area contributed by atoms with Gasteiger partial charge in [-0.05, 0) is 42.5 Å². The average Bonchev–Trinajstić information content (AvgIpc) is 2.84. The predicted molar refractivity (Wildman–Crippen MR) is 98.3 cm³/mol. The summed E-state index contributed by atoms with van der Waals surface area (Å²) in [5, 5.41) is 0. The van der Waals surface area contributed by atoms with Gasteiger partial charge in [-0.3, -0.25) is 18.2 Å². The van der Waals surface area contributed by atoms with Crippen LogP contribution in [0.4, 0.5) is 10.1 Å². The molecule has 1 amide bonds. The largest absolute Gasteiger partial charge is 0.368 e. The lowest BCUT2D eigenvalue weighted by Crippen LogP contribution is -2.38. The van der Waals surface area contributed by atoms with Gasteiger partial charge in [0.05, 0.1) is 21.6 Å². The van der Waals surface area contributed by atoms with Crippen LogP contribution in [0.1, 0.15) is 0 Å². The molecule has 1 aromatic heterocycles. The van der Waals surface area contributed by atoms with Crippen LogP contribution in [0, 0.1) is 5.82 Å². The fourth-order valence-electron chi connectivity index (χ4n) is 2.84. The highest BCUT2D eigenvalue weighted by Gasteiger charge is 2.27. The highest BCUT2D eigenvalue weighted by Crippen LogP contribution is 2.26. The van der Waals surface area contributed by atoms with Gasteiger partial charge < -0.3 is 5.73 Å². The smallest absolute Gasteiger partial charge is 0.328 e. The average molecular weight is 392 g/mol. The zero-order valence-electron chi connectivity index (χ0n) is 14.6. The van der Waals surface area contributed by atoms with Crippen molar-refractivity contribution < 1.29 is 17.6 Å². The number of carbonyl (C=O) groups is 1. The van der Waals surface area contributed by atoms with Crippen molar-refractivity contribution in [2.75, 3.05) is 10.8 Å². The Morgan fingerprint density at radius 3 is 2.26 bits per heavy atom. The van der Waals surface area contributed by atoms with Crippen molar-refractivity contribution in [1.29, 1.82) is 0 Å². The lowest BCUT2D eigenvalue weighted by atomic mass is 10.3. The van der Waals surface area contributed by atoms with Crippen LogP contribution in [0.2, 0.25) is 0 Å². The molecule has 3 rings (SSSR count). The zero-order chi connectivity index (χ0) is 19.9. The third-order valence-corrected chi connectivity index (χ3v) is 6.02. The summed E-state index contributed by atoms with van der Waals surface area (Å²) in [5.41, 5.74) is 5.98. The standard InChI is InChI=1S/C17H17FN4O4S/c1-20-14-8-7-13(9-15(14)21(2)17(20)24)27(25,26)22(10-16(19)23)12-5-3-11(18)4-6-12/h3-9H,10H2,1-2H3,(H2,19,23). The molecule has 0 atom stereocenters. The van der Waals surface area contributed by atoms with E-state index < -0.39 is 28.3 Å². The highest BCUT2D eigenvalue weighted by atomic mass is 32.2. The number of rotatable bonds is 5. The molecule has 0 bridgehead atoms. The lowest BCUT2D eigenvalue weighted by molar-refractivity contribution is -0.116. The van der Waals surface area contributed by atoms with Crippen LogP contribution >= 0.6 is 0 Å². The van der Waals surface area contributed by atoms with Gasteiger partial charge in [0, 0.05) is 14.1 Å². The number of anilines is 1. The maximum Gasteiger partial charge on any atom is 0.328 e. The number of nitrogens with two attached hydrogens (primary N) is 1. The van der Waals surface area contributed by atoms with Gasteiger partial charge in [-0.2, -0.15) is 0 Å². The van der Waals surface area contributed by atoms with Crippen LogP contribution in [-0.4, -0.2) is 30.0 Å².